The maximum absolute atomic E-state index is 4.30. The third-order valence-electron chi connectivity index (χ3n) is 7.40. The second kappa shape index (κ2) is 13.6. The molecule has 4 heteroatoms. The van der Waals surface area contributed by atoms with Gasteiger partial charge in [0.15, 0.2) is 0 Å². The van der Waals surface area contributed by atoms with Crippen LogP contribution in [-0.2, 0) is 5.16 Å². The molecule has 2 nitrogen and oxygen atoms in total. The Hall–Kier alpha value is -4.67. The minimum absolute atomic E-state index is 0.176. The molecule has 0 saturated carbocycles. The topological polar surface area (TPSA) is 17.8 Å². The molecular formula is C37H35BN2Si. The number of allylic oxidation sites excluding steroid dienone is 1. The van der Waals surface area contributed by atoms with Gasteiger partial charge in [-0.05, 0) is 18.1 Å². The van der Waals surface area contributed by atoms with Crippen molar-refractivity contribution in [3.05, 3.63) is 193 Å². The van der Waals surface area contributed by atoms with E-state index in [-0.39, 0.29) is 5.16 Å². The lowest BCUT2D eigenvalue weighted by Crippen LogP contribution is -2.51. The fraction of sp³-hybridized carbons (Fsp3) is 0.0541. The highest BCUT2D eigenvalue weighted by Gasteiger charge is 2.36. The number of aromatic nitrogens is 2. The Morgan fingerprint density at radius 1 is 0.610 bits per heavy atom. The standard InChI is InChI=1S/C19H20N2Si.C18H15B/c1-16(2)22-19(21-14-13-20-15-21,17-9-5-3-6-10-17)18-11-7-4-8-12-18;1-4-10-16(11-5-1)19(17-12-6-2-7-13-17)18-14-8-3-9-15-18/h3-15H,1,22H2,2H3;1-15H. The summed E-state index contributed by atoms with van der Waals surface area (Å²) >= 11 is 0. The molecule has 0 aliphatic carbocycles. The van der Waals surface area contributed by atoms with E-state index in [4.69, 9.17) is 0 Å². The summed E-state index contributed by atoms with van der Waals surface area (Å²) in [5.74, 6) is 0. The fourth-order valence-electron chi connectivity index (χ4n) is 5.62. The lowest BCUT2D eigenvalue weighted by atomic mass is 9.37. The third-order valence-corrected chi connectivity index (χ3v) is 9.70. The highest BCUT2D eigenvalue weighted by molar-refractivity contribution is 6.95. The molecule has 6 rings (SSSR count). The number of rotatable bonds is 8. The van der Waals surface area contributed by atoms with Crippen molar-refractivity contribution in [1.29, 1.82) is 0 Å². The molecule has 200 valence electrons. The first-order valence-electron chi connectivity index (χ1n) is 14.1. The van der Waals surface area contributed by atoms with Gasteiger partial charge in [0.2, 0.25) is 6.71 Å². The average Bonchev–Trinajstić information content (AvgIpc) is 3.58. The van der Waals surface area contributed by atoms with E-state index in [1.54, 1.807) is 0 Å². The van der Waals surface area contributed by atoms with E-state index in [0.717, 1.165) is 0 Å². The van der Waals surface area contributed by atoms with E-state index in [9.17, 15) is 0 Å². The summed E-state index contributed by atoms with van der Waals surface area (Å²) in [7, 11) is -0.684. The van der Waals surface area contributed by atoms with Crippen LogP contribution in [0.25, 0.3) is 0 Å². The van der Waals surface area contributed by atoms with Gasteiger partial charge >= 0.3 is 0 Å². The highest BCUT2D eigenvalue weighted by Crippen LogP contribution is 2.34. The van der Waals surface area contributed by atoms with Crippen LogP contribution in [-0.4, -0.2) is 25.8 Å². The number of hydrogen-bond donors (Lipinski definition) is 0. The summed E-state index contributed by atoms with van der Waals surface area (Å²) in [6.45, 7) is 6.68. The fourth-order valence-corrected chi connectivity index (χ4v) is 7.75. The van der Waals surface area contributed by atoms with E-state index >= 15 is 0 Å². The zero-order valence-corrected chi connectivity index (χ0v) is 25.0. The van der Waals surface area contributed by atoms with Gasteiger partial charge in [0.05, 0.1) is 21.0 Å². The predicted octanol–water partition coefficient (Wildman–Crippen LogP) is 5.54. The summed E-state index contributed by atoms with van der Waals surface area (Å²) in [4.78, 5) is 4.30. The van der Waals surface area contributed by atoms with Gasteiger partial charge in [-0.3, -0.25) is 0 Å². The summed E-state index contributed by atoms with van der Waals surface area (Å²) in [6.07, 6.45) is 5.85. The molecule has 41 heavy (non-hydrogen) atoms. The van der Waals surface area contributed by atoms with Gasteiger partial charge in [-0.25, -0.2) is 4.98 Å². The van der Waals surface area contributed by atoms with Crippen LogP contribution in [0.5, 0.6) is 0 Å². The Labute approximate surface area is 247 Å². The van der Waals surface area contributed by atoms with Gasteiger partial charge < -0.3 is 4.57 Å². The van der Waals surface area contributed by atoms with Gasteiger partial charge in [-0.15, -0.1) is 6.58 Å². The molecule has 0 amide bonds. The molecule has 0 atom stereocenters. The zero-order valence-electron chi connectivity index (χ0n) is 23.6. The van der Waals surface area contributed by atoms with Crippen molar-refractivity contribution in [1.82, 2.24) is 9.55 Å². The first-order valence-corrected chi connectivity index (χ1v) is 15.5. The molecule has 5 aromatic carbocycles. The summed E-state index contributed by atoms with van der Waals surface area (Å²) in [6, 6.07) is 53.4. The normalized spacial score (nSPS) is 11.0. The molecule has 0 bridgehead atoms. The largest absolute Gasteiger partial charge is 0.326 e. The maximum atomic E-state index is 4.30. The molecule has 0 unspecified atom stereocenters. The Morgan fingerprint density at radius 2 is 0.976 bits per heavy atom. The molecule has 0 N–H and O–H groups in total. The van der Waals surface area contributed by atoms with Gasteiger partial charge in [0.25, 0.3) is 0 Å². The SMILES string of the molecule is C=C(C)[SiH2]C(c1ccccc1)(c1ccccc1)n1ccnc1.c1ccc(B(c2ccccc2)c2ccccc2)cc1. The minimum Gasteiger partial charge on any atom is -0.326 e. The second-order valence-electron chi connectivity index (χ2n) is 10.4. The molecular weight excluding hydrogens is 511 g/mol. The van der Waals surface area contributed by atoms with Gasteiger partial charge in [0.1, 0.15) is 0 Å². The van der Waals surface area contributed by atoms with E-state index in [0.29, 0.717) is 6.71 Å². The van der Waals surface area contributed by atoms with Crippen LogP contribution in [0.2, 0.25) is 0 Å². The highest BCUT2D eigenvalue weighted by atomic mass is 28.2. The predicted molar refractivity (Wildman–Crippen MR) is 179 cm³/mol. The number of hydrogen-bond acceptors (Lipinski definition) is 1. The Morgan fingerprint density at radius 3 is 1.29 bits per heavy atom. The average molecular weight is 547 g/mol. The van der Waals surface area contributed by atoms with E-state index in [1.165, 1.54) is 32.7 Å². The van der Waals surface area contributed by atoms with Crippen molar-refractivity contribution >= 4 is 32.6 Å². The zero-order chi connectivity index (χ0) is 28.3. The van der Waals surface area contributed by atoms with Crippen LogP contribution >= 0.6 is 0 Å². The minimum atomic E-state index is -0.684. The molecule has 0 spiro atoms. The number of nitrogens with zero attached hydrogens (tertiary/aromatic N) is 2. The van der Waals surface area contributed by atoms with Crippen LogP contribution in [0.4, 0.5) is 0 Å². The molecule has 0 aliphatic heterocycles. The van der Waals surface area contributed by atoms with Crippen molar-refractivity contribution < 1.29 is 0 Å². The number of imidazole rings is 1. The smallest absolute Gasteiger partial charge is 0.241 e. The number of benzene rings is 5. The summed E-state index contributed by atoms with van der Waals surface area (Å²) in [5.41, 5.74) is 6.60. The third kappa shape index (κ3) is 6.56. The molecule has 1 heterocycles. The summed E-state index contributed by atoms with van der Waals surface area (Å²) in [5, 5.41) is 1.10. The maximum Gasteiger partial charge on any atom is 0.241 e. The molecule has 0 fully saturated rings. The second-order valence-corrected chi connectivity index (χ2v) is 12.9. The van der Waals surface area contributed by atoms with Crippen molar-refractivity contribution in [2.45, 2.75) is 12.1 Å². The van der Waals surface area contributed by atoms with E-state index < -0.39 is 9.52 Å². The van der Waals surface area contributed by atoms with E-state index in [2.05, 4.69) is 181 Å². The molecule has 0 saturated heterocycles. The van der Waals surface area contributed by atoms with Crippen LogP contribution in [0.1, 0.15) is 18.1 Å². The first kappa shape index (κ1) is 27.9. The van der Waals surface area contributed by atoms with Crippen molar-refractivity contribution in [3.63, 3.8) is 0 Å². The Bertz CT molecular complexity index is 1470. The van der Waals surface area contributed by atoms with Crippen LogP contribution < -0.4 is 16.4 Å². The van der Waals surface area contributed by atoms with Crippen LogP contribution in [0.3, 0.4) is 0 Å². The Balaban J connectivity index is 0.000000166. The summed E-state index contributed by atoms with van der Waals surface area (Å²) < 4.78 is 2.25. The van der Waals surface area contributed by atoms with Crippen molar-refractivity contribution in [2.75, 3.05) is 0 Å². The quantitative estimate of drug-likeness (QED) is 0.230. The molecule has 1 aromatic heterocycles. The van der Waals surface area contributed by atoms with Crippen LogP contribution in [0.15, 0.2) is 182 Å². The molecule has 0 aliphatic rings. The van der Waals surface area contributed by atoms with Gasteiger partial charge in [-0.1, -0.05) is 173 Å². The van der Waals surface area contributed by atoms with Crippen molar-refractivity contribution in [2.24, 2.45) is 0 Å². The van der Waals surface area contributed by atoms with Gasteiger partial charge in [-0.2, -0.15) is 0 Å². The Kier molecular flexibility index (Phi) is 9.25. The monoisotopic (exact) mass is 546 g/mol. The molecule has 6 aromatic rings. The van der Waals surface area contributed by atoms with Crippen molar-refractivity contribution in [3.8, 4) is 0 Å². The van der Waals surface area contributed by atoms with Gasteiger partial charge in [0, 0.05) is 12.4 Å². The first-order chi connectivity index (χ1) is 20.2. The van der Waals surface area contributed by atoms with Crippen LogP contribution in [0, 0.1) is 0 Å². The lowest BCUT2D eigenvalue weighted by Gasteiger charge is -2.37. The van der Waals surface area contributed by atoms with E-state index in [1.807, 2.05) is 12.5 Å². The molecule has 0 radical (unpaired) electrons. The lowest BCUT2D eigenvalue weighted by molar-refractivity contribution is 0.595.